The molecule has 0 radical (unpaired) electrons. The number of hydrogen-bond acceptors (Lipinski definition) is 14. The van der Waals surface area contributed by atoms with Crippen molar-refractivity contribution in [1.82, 2.24) is 0 Å². The normalized spacial score (nSPS) is 12.1. The van der Waals surface area contributed by atoms with Gasteiger partial charge in [0.2, 0.25) is 11.6 Å². The molecule has 20 heteroatoms. The van der Waals surface area contributed by atoms with Gasteiger partial charge in [0.15, 0.2) is 28.8 Å². The van der Waals surface area contributed by atoms with E-state index in [0.29, 0.717) is 33.6 Å². The smallest absolute Gasteiger partial charge is 0.389 e. The monoisotopic (exact) mass is 1130 g/mol. The standard InChI is InChI=1S/C61H60F6N2O12/c1-76-53-35-44(17-28-51(53)78-33-5-3-31-59(62,63)64)56(72)80-49-24-12-40(13-25-49)11-23-48(70)39-58(37-42-7-19-46(68)20-8-42,38-43-9-21-47(69)22-10-43)61(74,75)55(71)30-16-41-14-26-50(27-15-41)81-57(73)45-18-29-52(54(36-45)77-2)79-34-6-4-32-60(65,66)67/h7-30,35-36,74-75H,3-6,31-34,37-39,68-69H2,1-2H3/b23-11+,30-16+. The number of aliphatic hydroxyl groups is 2. The van der Waals surface area contributed by atoms with Crippen molar-refractivity contribution in [1.29, 1.82) is 0 Å². The Morgan fingerprint density at radius 1 is 0.506 bits per heavy atom. The van der Waals surface area contributed by atoms with Crippen molar-refractivity contribution in [2.45, 2.75) is 75.9 Å². The van der Waals surface area contributed by atoms with Crippen molar-refractivity contribution >= 4 is 47.0 Å². The molecule has 0 unspecified atom stereocenters. The summed E-state index contributed by atoms with van der Waals surface area (Å²) in [5.74, 6) is -5.43. The van der Waals surface area contributed by atoms with Gasteiger partial charge in [-0.1, -0.05) is 60.7 Å². The molecule has 0 aliphatic rings. The molecule has 0 aliphatic heterocycles. The van der Waals surface area contributed by atoms with Crippen LogP contribution in [0.3, 0.4) is 0 Å². The Hall–Kier alpha value is -8.62. The largest absolute Gasteiger partial charge is 0.493 e. The SMILES string of the molecule is COc1cc(C(=O)Oc2ccc(/C=C/C(=O)CC(Cc3ccc(N)cc3)(Cc3ccc(N)cc3)C(O)(O)C(=O)/C=C/c3ccc(OC(=O)c4ccc(OCCCCC(F)(F)F)c(OC)c4)cc3)cc2)ccc1OCCCCC(F)(F)F. The average Bonchev–Trinajstić information content (AvgIpc) is 3.57. The molecule has 81 heavy (non-hydrogen) atoms. The van der Waals surface area contributed by atoms with E-state index in [-0.39, 0.29) is 97.4 Å². The Bertz CT molecular complexity index is 3090. The summed E-state index contributed by atoms with van der Waals surface area (Å²) in [6.07, 6.45) is -6.29. The minimum atomic E-state index is -4.26. The van der Waals surface area contributed by atoms with Crippen molar-refractivity contribution in [3.05, 3.63) is 179 Å². The third-order valence-corrected chi connectivity index (χ3v) is 12.7. The van der Waals surface area contributed by atoms with Crippen LogP contribution in [0.25, 0.3) is 12.2 Å². The predicted octanol–water partition coefficient (Wildman–Crippen LogP) is 11.9. The number of halogens is 6. The first kappa shape index (κ1) is 61.6. The van der Waals surface area contributed by atoms with E-state index in [9.17, 15) is 55.7 Å². The molecule has 428 valence electrons. The number of esters is 2. The van der Waals surface area contributed by atoms with Gasteiger partial charge in [0.05, 0.1) is 38.6 Å². The zero-order chi connectivity index (χ0) is 58.8. The molecule has 0 spiro atoms. The number of carbonyl (C=O) groups is 4. The quantitative estimate of drug-likeness (QED) is 0.00684. The van der Waals surface area contributed by atoms with E-state index in [2.05, 4.69) is 0 Å². The van der Waals surface area contributed by atoms with Crippen LogP contribution in [0.1, 0.15) is 87.9 Å². The number of allylic oxidation sites excluding steroid dienone is 1. The van der Waals surface area contributed by atoms with Crippen LogP contribution in [0.5, 0.6) is 34.5 Å². The molecule has 0 aromatic heterocycles. The lowest BCUT2D eigenvalue weighted by Gasteiger charge is -2.42. The van der Waals surface area contributed by atoms with E-state index in [0.717, 1.165) is 6.08 Å². The van der Waals surface area contributed by atoms with E-state index in [1.54, 1.807) is 60.7 Å². The van der Waals surface area contributed by atoms with Crippen LogP contribution in [-0.2, 0) is 22.4 Å². The van der Waals surface area contributed by atoms with Gasteiger partial charge in [-0.05, 0) is 158 Å². The third kappa shape index (κ3) is 18.7. The molecule has 0 heterocycles. The molecule has 0 saturated heterocycles. The molecular weight excluding hydrogens is 1070 g/mol. The van der Waals surface area contributed by atoms with Crippen LogP contribution < -0.4 is 39.9 Å². The van der Waals surface area contributed by atoms with Gasteiger partial charge in [-0.15, -0.1) is 0 Å². The maximum Gasteiger partial charge on any atom is 0.389 e. The second kappa shape index (κ2) is 28.0. The average molecular weight is 1130 g/mol. The van der Waals surface area contributed by atoms with E-state index in [1.165, 1.54) is 105 Å². The molecule has 0 saturated carbocycles. The first-order chi connectivity index (χ1) is 38.4. The zero-order valence-electron chi connectivity index (χ0n) is 44.2. The first-order valence-corrected chi connectivity index (χ1v) is 25.4. The number of ether oxygens (including phenoxy) is 6. The third-order valence-electron chi connectivity index (χ3n) is 12.7. The van der Waals surface area contributed by atoms with Gasteiger partial charge in [-0.2, -0.15) is 26.3 Å². The highest BCUT2D eigenvalue weighted by Gasteiger charge is 2.54. The van der Waals surface area contributed by atoms with Crippen molar-refractivity contribution < 1.29 is 84.2 Å². The number of nitrogen functional groups attached to an aromatic ring is 2. The number of methoxy groups -OCH3 is 2. The second-order valence-corrected chi connectivity index (χ2v) is 19.0. The van der Waals surface area contributed by atoms with E-state index >= 15 is 0 Å². The Labute approximate surface area is 463 Å². The van der Waals surface area contributed by atoms with E-state index in [4.69, 9.17) is 39.9 Å². The van der Waals surface area contributed by atoms with Crippen LogP contribution in [0.2, 0.25) is 0 Å². The van der Waals surface area contributed by atoms with Crippen LogP contribution in [-0.4, -0.2) is 79.3 Å². The van der Waals surface area contributed by atoms with Gasteiger partial charge < -0.3 is 50.1 Å². The minimum absolute atomic E-state index is 0.00127. The summed E-state index contributed by atoms with van der Waals surface area (Å²) >= 11 is 0. The summed E-state index contributed by atoms with van der Waals surface area (Å²) in [5.41, 5.74) is 13.0. The number of rotatable bonds is 28. The maximum atomic E-state index is 14.3. The van der Waals surface area contributed by atoms with Gasteiger partial charge in [0.25, 0.3) is 0 Å². The Morgan fingerprint density at radius 2 is 0.901 bits per heavy atom. The summed E-state index contributed by atoms with van der Waals surface area (Å²) < 4.78 is 108. The minimum Gasteiger partial charge on any atom is -0.493 e. The first-order valence-electron chi connectivity index (χ1n) is 25.4. The lowest BCUT2D eigenvalue weighted by molar-refractivity contribution is -0.230. The molecule has 0 aliphatic carbocycles. The summed E-state index contributed by atoms with van der Waals surface area (Å²) in [6.45, 7) is 0.00347. The lowest BCUT2D eigenvalue weighted by Crippen LogP contribution is -2.57. The lowest BCUT2D eigenvalue weighted by atomic mass is 9.65. The molecule has 0 fully saturated rings. The Balaban J connectivity index is 1.15. The van der Waals surface area contributed by atoms with Crippen LogP contribution in [0.4, 0.5) is 37.7 Å². The summed E-state index contributed by atoms with van der Waals surface area (Å²) in [6, 6.07) is 33.5. The van der Waals surface area contributed by atoms with E-state index in [1.807, 2.05) is 0 Å². The number of carbonyl (C=O) groups excluding carboxylic acids is 4. The van der Waals surface area contributed by atoms with Crippen molar-refractivity contribution in [3.8, 4) is 34.5 Å². The zero-order valence-corrected chi connectivity index (χ0v) is 44.2. The van der Waals surface area contributed by atoms with Crippen LogP contribution in [0.15, 0.2) is 146 Å². The number of unbranched alkanes of at least 4 members (excludes halogenated alkanes) is 2. The molecule has 6 rings (SSSR count). The molecule has 14 nitrogen and oxygen atoms in total. The fraction of sp³-hybridized carbons (Fsp3) is 0.279. The molecule has 0 bridgehead atoms. The number of ketones is 2. The van der Waals surface area contributed by atoms with Crippen molar-refractivity contribution in [2.75, 3.05) is 38.9 Å². The van der Waals surface area contributed by atoms with Crippen LogP contribution >= 0.6 is 0 Å². The molecule has 6 N–H and O–H groups in total. The number of anilines is 2. The molecule has 6 aromatic carbocycles. The highest BCUT2D eigenvalue weighted by atomic mass is 19.4. The van der Waals surface area contributed by atoms with Gasteiger partial charge in [0, 0.05) is 36.1 Å². The van der Waals surface area contributed by atoms with E-state index < -0.39 is 66.3 Å². The highest BCUT2D eigenvalue weighted by molar-refractivity contribution is 6.01. The molecule has 0 atom stereocenters. The molecular formula is C61H60F6N2O12. The number of nitrogens with two attached hydrogens (primary N) is 2. The Kier molecular flexibility index (Phi) is 21.3. The summed E-state index contributed by atoms with van der Waals surface area (Å²) in [7, 11) is 2.69. The number of hydrogen-bond donors (Lipinski definition) is 4. The highest BCUT2D eigenvalue weighted by Crippen LogP contribution is 2.43. The molecule has 0 amide bonds. The molecule has 6 aromatic rings. The predicted molar refractivity (Wildman–Crippen MR) is 291 cm³/mol. The second-order valence-electron chi connectivity index (χ2n) is 19.0. The number of alkyl halides is 6. The van der Waals surface area contributed by atoms with Gasteiger partial charge in [0.1, 0.15) is 11.5 Å². The van der Waals surface area contributed by atoms with Crippen molar-refractivity contribution in [3.63, 3.8) is 0 Å². The van der Waals surface area contributed by atoms with Crippen molar-refractivity contribution in [2.24, 2.45) is 5.41 Å². The van der Waals surface area contributed by atoms with Gasteiger partial charge >= 0.3 is 24.3 Å². The topological polar surface area (TPSA) is 216 Å². The van der Waals surface area contributed by atoms with Gasteiger partial charge in [-0.3, -0.25) is 9.59 Å². The Morgan fingerprint density at radius 3 is 1.28 bits per heavy atom. The van der Waals surface area contributed by atoms with Gasteiger partial charge in [-0.25, -0.2) is 9.59 Å². The maximum absolute atomic E-state index is 14.3. The fourth-order valence-corrected chi connectivity index (χ4v) is 8.41. The fourth-order valence-electron chi connectivity index (χ4n) is 8.41. The summed E-state index contributed by atoms with van der Waals surface area (Å²) in [5, 5.41) is 24.5. The van der Waals surface area contributed by atoms with Crippen LogP contribution in [0, 0.1) is 5.41 Å². The number of benzene rings is 6. The summed E-state index contributed by atoms with van der Waals surface area (Å²) in [4.78, 5) is 54.7.